The molecule has 0 aromatic heterocycles. The van der Waals surface area contributed by atoms with Gasteiger partial charge in [0.15, 0.2) is 0 Å². The van der Waals surface area contributed by atoms with Crippen LogP contribution in [-0.4, -0.2) is 24.7 Å². The minimum Gasteiger partial charge on any atom is -0.497 e. The monoisotopic (exact) mass is 271 g/mol. The van der Waals surface area contributed by atoms with E-state index in [-0.39, 0.29) is 0 Å². The molecule has 0 amide bonds. The molecule has 0 aliphatic carbocycles. The molecule has 2 aromatic rings. The lowest BCUT2D eigenvalue weighted by molar-refractivity contribution is 0.0698. The molecule has 104 valence electrons. The van der Waals surface area contributed by atoms with Gasteiger partial charge in [0.25, 0.3) is 0 Å². The molecule has 20 heavy (non-hydrogen) atoms. The Bertz CT molecular complexity index is 579. The lowest BCUT2D eigenvalue weighted by Gasteiger charge is -2.09. The minimum absolute atomic E-state index is 0.294. The van der Waals surface area contributed by atoms with Gasteiger partial charge < -0.3 is 15.2 Å². The fraction of sp³-hybridized carbons (Fsp3) is 0.188. The first kappa shape index (κ1) is 13.9. The zero-order valence-corrected chi connectivity index (χ0v) is 11.3. The first-order valence-electron chi connectivity index (χ1n) is 6.40. The minimum atomic E-state index is -0.919. The average molecular weight is 271 g/mol. The number of para-hydroxylation sites is 1. The standard InChI is InChI=1S/C16H17NO3/c1-20-13-8-6-12(7-9-13)10-11-17-15-5-3-2-4-14(15)16(18)19/h2-9,17H,10-11H2,1H3,(H,18,19). The van der Waals surface area contributed by atoms with Crippen LogP contribution >= 0.6 is 0 Å². The maximum atomic E-state index is 11.1. The maximum absolute atomic E-state index is 11.1. The van der Waals surface area contributed by atoms with Gasteiger partial charge in [-0.3, -0.25) is 0 Å². The van der Waals surface area contributed by atoms with Crippen LogP contribution in [0.25, 0.3) is 0 Å². The van der Waals surface area contributed by atoms with Crippen molar-refractivity contribution in [2.45, 2.75) is 6.42 Å². The Hall–Kier alpha value is -2.49. The van der Waals surface area contributed by atoms with Gasteiger partial charge in [0.1, 0.15) is 5.75 Å². The lowest BCUT2D eigenvalue weighted by atomic mass is 10.1. The molecule has 0 saturated carbocycles. The molecule has 4 nitrogen and oxygen atoms in total. The Morgan fingerprint density at radius 2 is 1.85 bits per heavy atom. The summed E-state index contributed by atoms with van der Waals surface area (Å²) in [6, 6.07) is 14.8. The van der Waals surface area contributed by atoms with Crippen molar-refractivity contribution >= 4 is 11.7 Å². The number of carboxylic acids is 1. The SMILES string of the molecule is COc1ccc(CCNc2ccccc2C(=O)O)cc1. The van der Waals surface area contributed by atoms with Gasteiger partial charge in [-0.25, -0.2) is 4.79 Å². The van der Waals surface area contributed by atoms with Crippen LogP contribution in [0, 0.1) is 0 Å². The molecule has 0 aliphatic heterocycles. The summed E-state index contributed by atoms with van der Waals surface area (Å²) in [7, 11) is 1.64. The molecule has 0 atom stereocenters. The van der Waals surface area contributed by atoms with Gasteiger partial charge in [-0.05, 0) is 36.2 Å². The van der Waals surface area contributed by atoms with E-state index in [2.05, 4.69) is 5.32 Å². The predicted octanol–water partition coefficient (Wildman–Crippen LogP) is 3.05. The summed E-state index contributed by atoms with van der Waals surface area (Å²) in [6.45, 7) is 0.677. The molecule has 2 aromatic carbocycles. The molecule has 2 N–H and O–H groups in total. The third-order valence-corrected chi connectivity index (χ3v) is 3.05. The van der Waals surface area contributed by atoms with Crippen molar-refractivity contribution < 1.29 is 14.6 Å². The van der Waals surface area contributed by atoms with E-state index in [9.17, 15) is 4.79 Å². The highest BCUT2D eigenvalue weighted by Crippen LogP contribution is 2.15. The average Bonchev–Trinajstić information content (AvgIpc) is 2.48. The normalized spacial score (nSPS) is 10.1. The predicted molar refractivity (Wildman–Crippen MR) is 78.6 cm³/mol. The molecular formula is C16H17NO3. The maximum Gasteiger partial charge on any atom is 0.337 e. The second-order valence-electron chi connectivity index (χ2n) is 4.38. The van der Waals surface area contributed by atoms with E-state index in [1.807, 2.05) is 30.3 Å². The first-order valence-corrected chi connectivity index (χ1v) is 6.40. The van der Waals surface area contributed by atoms with E-state index >= 15 is 0 Å². The van der Waals surface area contributed by atoms with Crippen LogP contribution in [0.3, 0.4) is 0 Å². The fourth-order valence-corrected chi connectivity index (χ4v) is 1.96. The molecule has 0 bridgehead atoms. The highest BCUT2D eigenvalue weighted by atomic mass is 16.5. The highest BCUT2D eigenvalue weighted by Gasteiger charge is 2.07. The van der Waals surface area contributed by atoms with Gasteiger partial charge in [0.2, 0.25) is 0 Å². The summed E-state index contributed by atoms with van der Waals surface area (Å²) >= 11 is 0. The van der Waals surface area contributed by atoms with Gasteiger partial charge in [-0.1, -0.05) is 24.3 Å². The second-order valence-corrected chi connectivity index (χ2v) is 4.38. The Labute approximate surface area is 118 Å². The number of benzene rings is 2. The number of carboxylic acid groups (broad SMARTS) is 1. The quantitative estimate of drug-likeness (QED) is 0.847. The third-order valence-electron chi connectivity index (χ3n) is 3.05. The number of anilines is 1. The van der Waals surface area contributed by atoms with Gasteiger partial charge in [0, 0.05) is 12.2 Å². The van der Waals surface area contributed by atoms with Crippen LogP contribution in [0.15, 0.2) is 48.5 Å². The molecule has 0 spiro atoms. The molecule has 2 rings (SSSR count). The van der Waals surface area contributed by atoms with Crippen molar-refractivity contribution in [3.63, 3.8) is 0 Å². The number of methoxy groups -OCH3 is 1. The Morgan fingerprint density at radius 1 is 1.15 bits per heavy atom. The Balaban J connectivity index is 1.94. The number of aromatic carboxylic acids is 1. The smallest absolute Gasteiger partial charge is 0.337 e. The number of hydrogen-bond donors (Lipinski definition) is 2. The third kappa shape index (κ3) is 3.51. The summed E-state index contributed by atoms with van der Waals surface area (Å²) in [5, 5.41) is 12.2. The second kappa shape index (κ2) is 6.61. The van der Waals surface area contributed by atoms with E-state index in [0.717, 1.165) is 12.2 Å². The number of hydrogen-bond acceptors (Lipinski definition) is 3. The van der Waals surface area contributed by atoms with Crippen LogP contribution in [-0.2, 0) is 6.42 Å². The molecule has 0 heterocycles. The number of carbonyl (C=O) groups is 1. The Kier molecular flexibility index (Phi) is 4.60. The van der Waals surface area contributed by atoms with Crippen LogP contribution in [0.5, 0.6) is 5.75 Å². The summed E-state index contributed by atoms with van der Waals surface area (Å²) in [5.41, 5.74) is 2.11. The summed E-state index contributed by atoms with van der Waals surface area (Å²) < 4.78 is 5.10. The first-order chi connectivity index (χ1) is 9.70. The van der Waals surface area contributed by atoms with Crippen molar-refractivity contribution in [2.75, 3.05) is 19.0 Å². The zero-order valence-electron chi connectivity index (χ0n) is 11.3. The van der Waals surface area contributed by atoms with Gasteiger partial charge >= 0.3 is 5.97 Å². The van der Waals surface area contributed by atoms with Crippen LogP contribution in [0.1, 0.15) is 15.9 Å². The summed E-state index contributed by atoms with van der Waals surface area (Å²) in [4.78, 5) is 11.1. The van der Waals surface area contributed by atoms with E-state index in [4.69, 9.17) is 9.84 Å². The van der Waals surface area contributed by atoms with E-state index in [1.165, 1.54) is 5.56 Å². The van der Waals surface area contributed by atoms with Crippen LogP contribution < -0.4 is 10.1 Å². The molecular weight excluding hydrogens is 254 g/mol. The summed E-state index contributed by atoms with van der Waals surface area (Å²) in [5.74, 6) is -0.0875. The zero-order chi connectivity index (χ0) is 14.4. The molecule has 0 aliphatic rings. The molecule has 0 saturated heterocycles. The topological polar surface area (TPSA) is 58.6 Å². The van der Waals surface area contributed by atoms with Crippen molar-refractivity contribution in [3.05, 3.63) is 59.7 Å². The van der Waals surface area contributed by atoms with Crippen LogP contribution in [0.4, 0.5) is 5.69 Å². The van der Waals surface area contributed by atoms with Crippen molar-refractivity contribution in [3.8, 4) is 5.75 Å². The molecule has 0 unspecified atom stereocenters. The number of ether oxygens (including phenoxy) is 1. The van der Waals surface area contributed by atoms with Gasteiger partial charge in [-0.2, -0.15) is 0 Å². The largest absolute Gasteiger partial charge is 0.497 e. The van der Waals surface area contributed by atoms with E-state index in [1.54, 1.807) is 25.3 Å². The highest BCUT2D eigenvalue weighted by molar-refractivity contribution is 5.94. The van der Waals surface area contributed by atoms with Crippen LogP contribution in [0.2, 0.25) is 0 Å². The number of rotatable bonds is 6. The molecule has 0 radical (unpaired) electrons. The summed E-state index contributed by atoms with van der Waals surface area (Å²) in [6.07, 6.45) is 0.817. The molecule has 4 heteroatoms. The Morgan fingerprint density at radius 3 is 2.50 bits per heavy atom. The van der Waals surface area contributed by atoms with Crippen molar-refractivity contribution in [1.29, 1.82) is 0 Å². The van der Waals surface area contributed by atoms with Gasteiger partial charge in [0.05, 0.1) is 12.7 Å². The van der Waals surface area contributed by atoms with E-state index < -0.39 is 5.97 Å². The molecule has 0 fully saturated rings. The fourth-order valence-electron chi connectivity index (χ4n) is 1.96. The van der Waals surface area contributed by atoms with Crippen molar-refractivity contribution in [1.82, 2.24) is 0 Å². The number of nitrogens with one attached hydrogen (secondary N) is 1. The van der Waals surface area contributed by atoms with E-state index in [0.29, 0.717) is 17.8 Å². The van der Waals surface area contributed by atoms with Gasteiger partial charge in [-0.15, -0.1) is 0 Å². The lowest BCUT2D eigenvalue weighted by Crippen LogP contribution is -2.09. The van der Waals surface area contributed by atoms with Crippen molar-refractivity contribution in [2.24, 2.45) is 0 Å².